The molecule has 0 saturated carbocycles. The van der Waals surface area contributed by atoms with Crippen molar-refractivity contribution in [3.05, 3.63) is 89.3 Å². The van der Waals surface area contributed by atoms with Crippen molar-refractivity contribution in [3.63, 3.8) is 0 Å². The number of aromatic nitrogens is 5. The summed E-state index contributed by atoms with van der Waals surface area (Å²) in [4.78, 5) is 26.9. The van der Waals surface area contributed by atoms with Gasteiger partial charge < -0.3 is 0 Å². The highest BCUT2D eigenvalue weighted by molar-refractivity contribution is 5.98. The molecule has 6 nitrogen and oxygen atoms in total. The first kappa shape index (κ1) is 15.0. The third-order valence-electron chi connectivity index (χ3n) is 4.98. The zero-order valence-corrected chi connectivity index (χ0v) is 14.6. The van der Waals surface area contributed by atoms with Crippen LogP contribution in [0.4, 0.5) is 0 Å². The molecule has 0 radical (unpaired) electrons. The second kappa shape index (κ2) is 5.47. The molecule has 132 valence electrons. The minimum Gasteiger partial charge on any atom is -0.261 e. The summed E-state index contributed by atoms with van der Waals surface area (Å²) >= 11 is 0. The van der Waals surface area contributed by atoms with Crippen molar-refractivity contribution in [3.8, 4) is 11.4 Å². The Balaban J connectivity index is 1.92. The van der Waals surface area contributed by atoms with Crippen LogP contribution in [0.5, 0.6) is 0 Å². The lowest BCUT2D eigenvalue weighted by Gasteiger charge is -2.10. The predicted molar refractivity (Wildman–Crippen MR) is 108 cm³/mol. The van der Waals surface area contributed by atoms with E-state index in [1.54, 1.807) is 4.40 Å². The Morgan fingerprint density at radius 3 is 2.21 bits per heavy atom. The van der Waals surface area contributed by atoms with Crippen LogP contribution in [0.1, 0.15) is 0 Å². The van der Waals surface area contributed by atoms with Crippen molar-refractivity contribution in [2.75, 3.05) is 0 Å². The van der Waals surface area contributed by atoms with Gasteiger partial charge in [0.1, 0.15) is 5.65 Å². The van der Waals surface area contributed by atoms with Crippen molar-refractivity contribution in [2.45, 2.75) is 0 Å². The van der Waals surface area contributed by atoms with Crippen LogP contribution in [0.15, 0.2) is 83.7 Å². The van der Waals surface area contributed by atoms with E-state index >= 15 is 0 Å². The molecule has 0 spiro atoms. The van der Waals surface area contributed by atoms with Gasteiger partial charge in [-0.2, -0.15) is 9.97 Å². The monoisotopic (exact) mass is 363 g/mol. The maximum absolute atomic E-state index is 13.1. The van der Waals surface area contributed by atoms with Crippen LogP contribution in [0.3, 0.4) is 0 Å². The molecule has 6 heteroatoms. The minimum absolute atomic E-state index is 0.361. The second-order valence-corrected chi connectivity index (χ2v) is 6.61. The summed E-state index contributed by atoms with van der Waals surface area (Å²) in [5.74, 6) is 0.904. The van der Waals surface area contributed by atoms with Crippen molar-refractivity contribution in [1.29, 1.82) is 0 Å². The fourth-order valence-corrected chi connectivity index (χ4v) is 3.74. The molecule has 6 rings (SSSR count). The number of para-hydroxylation sites is 3. The van der Waals surface area contributed by atoms with Gasteiger partial charge in [0, 0.05) is 10.9 Å². The molecule has 0 aliphatic carbocycles. The highest BCUT2D eigenvalue weighted by Gasteiger charge is 2.17. The van der Waals surface area contributed by atoms with Gasteiger partial charge in [-0.05, 0) is 24.3 Å². The molecular formula is C22H13N5O. The van der Waals surface area contributed by atoms with Crippen molar-refractivity contribution in [1.82, 2.24) is 23.8 Å². The van der Waals surface area contributed by atoms with Gasteiger partial charge in [0.15, 0.2) is 5.82 Å². The minimum atomic E-state index is -0.361. The number of rotatable bonds is 1. The largest absolute Gasteiger partial charge is 0.357 e. The fourth-order valence-electron chi connectivity index (χ4n) is 3.74. The SMILES string of the molecule is O=c1nc(-c2ccccc2)nc2n1c1ccccc1c1nc3ccccc3n12. The lowest BCUT2D eigenvalue weighted by molar-refractivity contribution is 0.938. The number of hydrogen-bond acceptors (Lipinski definition) is 4. The maximum atomic E-state index is 13.1. The van der Waals surface area contributed by atoms with Gasteiger partial charge in [0.05, 0.1) is 16.6 Å². The smallest absolute Gasteiger partial charge is 0.261 e. The third-order valence-corrected chi connectivity index (χ3v) is 4.98. The lowest BCUT2D eigenvalue weighted by Crippen LogP contribution is -2.22. The van der Waals surface area contributed by atoms with E-state index < -0.39 is 0 Å². The predicted octanol–water partition coefficient (Wildman–Crippen LogP) is 3.71. The molecule has 0 fully saturated rings. The van der Waals surface area contributed by atoms with E-state index in [9.17, 15) is 4.79 Å². The van der Waals surface area contributed by atoms with Crippen LogP contribution < -0.4 is 5.69 Å². The van der Waals surface area contributed by atoms with E-state index in [4.69, 9.17) is 9.97 Å². The molecule has 3 aromatic carbocycles. The average molecular weight is 363 g/mol. The Morgan fingerprint density at radius 1 is 0.643 bits per heavy atom. The van der Waals surface area contributed by atoms with Gasteiger partial charge in [-0.15, -0.1) is 0 Å². The molecule has 0 amide bonds. The molecule has 0 unspecified atom stereocenters. The molecule has 0 bridgehead atoms. The van der Waals surface area contributed by atoms with E-state index in [0.29, 0.717) is 11.6 Å². The summed E-state index contributed by atoms with van der Waals surface area (Å²) in [7, 11) is 0. The molecule has 6 aromatic rings. The fraction of sp³-hybridized carbons (Fsp3) is 0. The highest BCUT2D eigenvalue weighted by Crippen LogP contribution is 2.26. The molecule has 28 heavy (non-hydrogen) atoms. The van der Waals surface area contributed by atoms with Gasteiger partial charge in [-0.25, -0.2) is 14.2 Å². The summed E-state index contributed by atoms with van der Waals surface area (Å²) in [6, 6.07) is 25.1. The first-order valence-electron chi connectivity index (χ1n) is 8.95. The number of hydrogen-bond donors (Lipinski definition) is 0. The second-order valence-electron chi connectivity index (χ2n) is 6.61. The van der Waals surface area contributed by atoms with Crippen LogP contribution >= 0.6 is 0 Å². The number of imidazole rings is 1. The van der Waals surface area contributed by atoms with Crippen LogP contribution in [0.25, 0.3) is 44.7 Å². The third kappa shape index (κ3) is 1.97. The van der Waals surface area contributed by atoms with Crippen molar-refractivity contribution < 1.29 is 0 Å². The Kier molecular flexibility index (Phi) is 2.94. The quantitative estimate of drug-likeness (QED) is 0.418. The molecule has 0 atom stereocenters. The van der Waals surface area contributed by atoms with E-state index in [-0.39, 0.29) is 5.69 Å². The lowest BCUT2D eigenvalue weighted by atomic mass is 10.2. The molecule has 3 aromatic heterocycles. The summed E-state index contributed by atoms with van der Waals surface area (Å²) in [5.41, 5.74) is 3.71. The first-order chi connectivity index (χ1) is 13.8. The summed E-state index contributed by atoms with van der Waals surface area (Å²) in [6.45, 7) is 0. The molecule has 0 aliphatic rings. The molecular weight excluding hydrogens is 350 g/mol. The number of fused-ring (bicyclic) bond motifs is 8. The van der Waals surface area contributed by atoms with E-state index in [1.807, 2.05) is 83.3 Å². The molecule has 0 N–H and O–H groups in total. The normalized spacial score (nSPS) is 11.7. The van der Waals surface area contributed by atoms with Gasteiger partial charge in [-0.3, -0.25) is 4.40 Å². The van der Waals surface area contributed by atoms with E-state index in [2.05, 4.69) is 4.98 Å². The Hall–Kier alpha value is -4.06. The zero-order chi connectivity index (χ0) is 18.7. The summed E-state index contributed by atoms with van der Waals surface area (Å²) in [6.07, 6.45) is 0. The molecule has 0 saturated heterocycles. The van der Waals surface area contributed by atoms with Gasteiger partial charge in [0.2, 0.25) is 5.78 Å². The van der Waals surface area contributed by atoms with Gasteiger partial charge in [-0.1, -0.05) is 54.6 Å². The van der Waals surface area contributed by atoms with Crippen LogP contribution in [0.2, 0.25) is 0 Å². The standard InChI is InChI=1S/C22H13N5O/c28-22-25-19(14-8-2-1-3-9-14)24-21-26-18-13-7-5-11-16(18)23-20(26)15-10-4-6-12-17(15)27(21)22/h1-13H. The van der Waals surface area contributed by atoms with E-state index in [1.165, 1.54) is 0 Å². The Labute approximate surface area is 158 Å². The molecule has 3 heterocycles. The average Bonchev–Trinajstić information content (AvgIpc) is 3.14. The molecule has 0 aliphatic heterocycles. The zero-order valence-electron chi connectivity index (χ0n) is 14.6. The number of nitrogens with zero attached hydrogens (tertiary/aromatic N) is 5. The Morgan fingerprint density at radius 2 is 1.36 bits per heavy atom. The summed E-state index contributed by atoms with van der Waals surface area (Å²) < 4.78 is 3.50. The van der Waals surface area contributed by atoms with Crippen LogP contribution in [-0.2, 0) is 0 Å². The van der Waals surface area contributed by atoms with Crippen molar-refractivity contribution in [2.24, 2.45) is 0 Å². The summed E-state index contributed by atoms with van der Waals surface area (Å²) in [5, 5.41) is 0.879. The first-order valence-corrected chi connectivity index (χ1v) is 8.95. The van der Waals surface area contributed by atoms with Crippen molar-refractivity contribution >= 4 is 33.4 Å². The highest BCUT2D eigenvalue weighted by atomic mass is 16.1. The van der Waals surface area contributed by atoms with Crippen LogP contribution in [-0.4, -0.2) is 23.8 Å². The van der Waals surface area contributed by atoms with Crippen LogP contribution in [0, 0.1) is 0 Å². The van der Waals surface area contributed by atoms with E-state index in [0.717, 1.165) is 33.1 Å². The van der Waals surface area contributed by atoms with Gasteiger partial charge >= 0.3 is 5.69 Å². The van der Waals surface area contributed by atoms with Gasteiger partial charge in [0.25, 0.3) is 0 Å². The number of benzene rings is 3. The Bertz CT molecular complexity index is 1580. The topological polar surface area (TPSA) is 64.6 Å². The maximum Gasteiger partial charge on any atom is 0.357 e.